The van der Waals surface area contributed by atoms with Crippen molar-refractivity contribution in [2.45, 2.75) is 56.8 Å². The molecule has 0 spiro atoms. The first-order chi connectivity index (χ1) is 16.2. The smallest absolute Gasteiger partial charge is 0.416 e. The van der Waals surface area contributed by atoms with E-state index in [-0.39, 0.29) is 23.8 Å². The summed E-state index contributed by atoms with van der Waals surface area (Å²) >= 11 is 0. The van der Waals surface area contributed by atoms with E-state index >= 15 is 0 Å². The number of hydrogen-bond donors (Lipinski definition) is 2. The molecule has 2 amide bonds. The second-order valence-electron chi connectivity index (χ2n) is 8.78. The fourth-order valence-electron chi connectivity index (χ4n) is 4.56. The van der Waals surface area contributed by atoms with Crippen molar-refractivity contribution in [1.29, 1.82) is 0 Å². The van der Waals surface area contributed by atoms with Gasteiger partial charge in [-0.15, -0.1) is 0 Å². The lowest BCUT2D eigenvalue weighted by molar-refractivity contribution is -0.137. The third-order valence-corrected chi connectivity index (χ3v) is 6.21. The molecular weight excluding hydrogens is 448 g/mol. The number of halogens is 4. The molecular formula is C26H26F4N2O2. The predicted molar refractivity (Wildman–Crippen MR) is 120 cm³/mol. The molecule has 1 aliphatic carbocycles. The molecule has 0 aliphatic heterocycles. The highest BCUT2D eigenvalue weighted by Crippen LogP contribution is 2.39. The maximum atomic E-state index is 14.6. The summed E-state index contributed by atoms with van der Waals surface area (Å²) < 4.78 is 61.3. The topological polar surface area (TPSA) is 54.3 Å². The molecule has 1 fully saturated rings. The highest BCUT2D eigenvalue weighted by Gasteiger charge is 2.42. The number of alkyl halides is 3. The van der Waals surface area contributed by atoms with E-state index in [0.717, 1.165) is 43.4 Å². The van der Waals surface area contributed by atoms with Crippen molar-refractivity contribution in [2.75, 3.05) is 0 Å². The first-order valence-corrected chi connectivity index (χ1v) is 11.2. The number of rotatable bonds is 6. The van der Waals surface area contributed by atoms with E-state index in [2.05, 4.69) is 10.6 Å². The highest BCUT2D eigenvalue weighted by atomic mass is 19.4. The zero-order chi connectivity index (χ0) is 24.3. The van der Waals surface area contributed by atoms with Gasteiger partial charge >= 0.3 is 12.2 Å². The van der Waals surface area contributed by atoms with Crippen molar-refractivity contribution in [2.24, 2.45) is 0 Å². The van der Waals surface area contributed by atoms with Crippen LogP contribution in [-0.2, 0) is 18.1 Å². The molecule has 1 atom stereocenters. The molecule has 4 rings (SSSR count). The summed E-state index contributed by atoms with van der Waals surface area (Å²) in [7, 11) is 0. The maximum Gasteiger partial charge on any atom is 0.416 e. The minimum atomic E-state index is -4.76. The Morgan fingerprint density at radius 3 is 2.29 bits per heavy atom. The van der Waals surface area contributed by atoms with Gasteiger partial charge in [0.05, 0.1) is 5.56 Å². The number of hydrogen-bond acceptors (Lipinski definition) is 2. The fraction of sp³-hybridized carbons (Fsp3) is 0.346. The number of aryl methyl sites for hydroxylation is 1. The van der Waals surface area contributed by atoms with Gasteiger partial charge in [-0.1, -0.05) is 43.2 Å². The predicted octanol–water partition coefficient (Wildman–Crippen LogP) is 6.47. The number of urea groups is 1. The normalized spacial score (nSPS) is 16.3. The van der Waals surface area contributed by atoms with Crippen LogP contribution in [0.4, 0.5) is 22.4 Å². The van der Waals surface area contributed by atoms with Crippen LogP contribution in [0.25, 0.3) is 0 Å². The van der Waals surface area contributed by atoms with E-state index in [9.17, 15) is 22.4 Å². The van der Waals surface area contributed by atoms with Crippen LogP contribution in [0.5, 0.6) is 0 Å². The van der Waals surface area contributed by atoms with Crippen LogP contribution in [0.15, 0.2) is 65.1 Å². The van der Waals surface area contributed by atoms with E-state index in [1.165, 1.54) is 0 Å². The average Bonchev–Trinajstić information content (AvgIpc) is 3.45. The molecule has 0 bridgehead atoms. The summed E-state index contributed by atoms with van der Waals surface area (Å²) in [5.41, 5.74) is -2.04. The Labute approximate surface area is 195 Å². The molecule has 1 aliphatic rings. The van der Waals surface area contributed by atoms with Crippen LogP contribution in [0, 0.1) is 12.7 Å². The van der Waals surface area contributed by atoms with Crippen molar-refractivity contribution >= 4 is 6.03 Å². The number of amides is 2. The quantitative estimate of drug-likeness (QED) is 0.402. The highest BCUT2D eigenvalue weighted by molar-refractivity contribution is 5.76. The molecule has 0 radical (unpaired) electrons. The van der Waals surface area contributed by atoms with Crippen LogP contribution in [0.1, 0.15) is 53.9 Å². The molecule has 0 saturated heterocycles. The van der Waals surface area contributed by atoms with Crippen molar-refractivity contribution in [3.63, 3.8) is 0 Å². The molecule has 34 heavy (non-hydrogen) atoms. The summed E-state index contributed by atoms with van der Waals surface area (Å²) in [4.78, 5) is 13.1. The van der Waals surface area contributed by atoms with Crippen LogP contribution in [-0.4, -0.2) is 12.1 Å². The van der Waals surface area contributed by atoms with E-state index in [1.54, 1.807) is 43.3 Å². The van der Waals surface area contributed by atoms with Crippen LogP contribution in [0.2, 0.25) is 0 Å². The molecule has 1 aromatic heterocycles. The summed E-state index contributed by atoms with van der Waals surface area (Å²) in [5, 5.41) is 5.80. The molecule has 3 aromatic rings. The zero-order valence-electron chi connectivity index (χ0n) is 18.7. The van der Waals surface area contributed by atoms with Gasteiger partial charge in [0.25, 0.3) is 0 Å². The summed E-state index contributed by atoms with van der Waals surface area (Å²) in [6.45, 7) is 1.70. The number of nitrogens with one attached hydrogen (secondary N) is 2. The molecule has 8 heteroatoms. The first kappa shape index (κ1) is 23.9. The largest absolute Gasteiger partial charge is 0.463 e. The van der Waals surface area contributed by atoms with E-state index < -0.39 is 29.1 Å². The van der Waals surface area contributed by atoms with Gasteiger partial charge in [0.15, 0.2) is 0 Å². The Hall–Kier alpha value is -3.29. The number of benzene rings is 2. The van der Waals surface area contributed by atoms with Crippen LogP contribution < -0.4 is 10.6 Å². The number of carbonyl (C=O) groups is 1. The lowest BCUT2D eigenvalue weighted by Gasteiger charge is -2.35. The maximum absolute atomic E-state index is 14.6. The summed E-state index contributed by atoms with van der Waals surface area (Å²) in [5.74, 6) is -0.324. The van der Waals surface area contributed by atoms with Gasteiger partial charge in [-0.2, -0.15) is 13.2 Å². The Bertz CT molecular complexity index is 1140. The molecule has 1 unspecified atom stereocenters. The minimum Gasteiger partial charge on any atom is -0.463 e. The average molecular weight is 474 g/mol. The standard InChI is InChI=1S/C26H26F4N2O2/c1-17-11-12-23(34-17)25(16-18-7-3-2-4-8-18,32-24(33)31-22-9-5-6-10-22)19-13-20(26(28,29)30)15-21(27)14-19/h2-4,7-8,11-15,22H,5-6,9-10,16H2,1H3,(H2,31,32,33). The Morgan fingerprint density at radius 2 is 1.68 bits per heavy atom. The SMILES string of the molecule is Cc1ccc(C(Cc2ccccc2)(NC(=O)NC2CCCC2)c2cc(F)cc(C(F)(F)F)c2)o1. The van der Waals surface area contributed by atoms with Gasteiger partial charge in [0, 0.05) is 12.5 Å². The molecule has 2 aromatic carbocycles. The molecule has 1 saturated carbocycles. The monoisotopic (exact) mass is 474 g/mol. The molecule has 4 nitrogen and oxygen atoms in total. The van der Waals surface area contributed by atoms with Gasteiger partial charge in [-0.25, -0.2) is 9.18 Å². The Morgan fingerprint density at radius 1 is 1.00 bits per heavy atom. The van der Waals surface area contributed by atoms with Gasteiger partial charge in [-0.05, 0) is 61.2 Å². The fourth-order valence-corrected chi connectivity index (χ4v) is 4.56. The Kier molecular flexibility index (Phi) is 6.68. The van der Waals surface area contributed by atoms with Crippen molar-refractivity contribution in [1.82, 2.24) is 10.6 Å². The lowest BCUT2D eigenvalue weighted by Crippen LogP contribution is -2.53. The second-order valence-corrected chi connectivity index (χ2v) is 8.78. The van der Waals surface area contributed by atoms with Gasteiger partial charge < -0.3 is 15.1 Å². The van der Waals surface area contributed by atoms with Crippen LogP contribution in [0.3, 0.4) is 0 Å². The van der Waals surface area contributed by atoms with Crippen LogP contribution >= 0.6 is 0 Å². The number of carbonyl (C=O) groups excluding carboxylic acids is 1. The Balaban J connectivity index is 1.87. The molecule has 1 heterocycles. The number of furan rings is 1. The third kappa shape index (κ3) is 5.26. The van der Waals surface area contributed by atoms with E-state index in [0.29, 0.717) is 11.8 Å². The molecule has 180 valence electrons. The zero-order valence-corrected chi connectivity index (χ0v) is 18.7. The minimum absolute atomic E-state index is 0.0222. The first-order valence-electron chi connectivity index (χ1n) is 11.2. The van der Waals surface area contributed by atoms with Crippen molar-refractivity contribution in [3.05, 3.63) is 94.7 Å². The van der Waals surface area contributed by atoms with E-state index in [4.69, 9.17) is 4.42 Å². The summed E-state index contributed by atoms with van der Waals surface area (Å²) in [6, 6.07) is 14.0. The van der Waals surface area contributed by atoms with Gasteiger partial charge in [0.1, 0.15) is 22.9 Å². The van der Waals surface area contributed by atoms with Gasteiger partial charge in [0.2, 0.25) is 0 Å². The molecule has 2 N–H and O–H groups in total. The lowest BCUT2D eigenvalue weighted by atomic mass is 9.80. The second kappa shape index (κ2) is 9.52. The summed E-state index contributed by atoms with van der Waals surface area (Å²) in [6.07, 6.45) is -1.05. The third-order valence-electron chi connectivity index (χ3n) is 6.21. The van der Waals surface area contributed by atoms with Crippen molar-refractivity contribution < 1.29 is 26.8 Å². The van der Waals surface area contributed by atoms with Crippen molar-refractivity contribution in [3.8, 4) is 0 Å². The van der Waals surface area contributed by atoms with Gasteiger partial charge in [-0.3, -0.25) is 0 Å². The van der Waals surface area contributed by atoms with E-state index in [1.807, 2.05) is 6.07 Å².